The molecule has 0 saturated heterocycles. The maximum absolute atomic E-state index is 11.9. The van der Waals surface area contributed by atoms with E-state index in [1.807, 2.05) is 0 Å². The number of nitrogen functional groups attached to an aromatic ring is 1. The fourth-order valence-corrected chi connectivity index (χ4v) is 1.52. The maximum atomic E-state index is 11.9. The normalized spacial score (nSPS) is 10.9. The summed E-state index contributed by atoms with van der Waals surface area (Å²) < 4.78 is 5.17. The van der Waals surface area contributed by atoms with Crippen LogP contribution >= 0.6 is 0 Å². The van der Waals surface area contributed by atoms with Gasteiger partial charge in [-0.05, 0) is 39.0 Å². The third kappa shape index (κ3) is 4.20. The monoisotopic (exact) mass is 292 g/mol. The molecule has 7 nitrogen and oxygen atoms in total. The summed E-state index contributed by atoms with van der Waals surface area (Å²) in [6.07, 6.45) is -0.684. The second-order valence-corrected chi connectivity index (χ2v) is 5.55. The van der Waals surface area contributed by atoms with E-state index in [4.69, 9.17) is 21.6 Å². The van der Waals surface area contributed by atoms with Crippen molar-refractivity contribution in [1.82, 2.24) is 4.90 Å². The van der Waals surface area contributed by atoms with E-state index in [1.54, 1.807) is 20.8 Å². The standard InChI is InChI=1S/C14H20N4O3/c1-14(2,3)21-13(20)18(4)11(16)9-7-8(12(17)19)5-6-10(9)15/h5-7,16H,15H2,1-4H3,(H2,17,19). The molecule has 2 amide bonds. The van der Waals surface area contributed by atoms with Gasteiger partial charge in [0.25, 0.3) is 0 Å². The number of primary amides is 1. The first-order valence-corrected chi connectivity index (χ1v) is 6.28. The van der Waals surface area contributed by atoms with E-state index in [9.17, 15) is 9.59 Å². The molecule has 1 aromatic rings. The number of ether oxygens (including phenoxy) is 1. The van der Waals surface area contributed by atoms with Gasteiger partial charge in [-0.3, -0.25) is 15.1 Å². The predicted molar refractivity (Wildman–Crippen MR) is 80.2 cm³/mol. The molecule has 1 aromatic carbocycles. The second kappa shape index (κ2) is 5.82. The molecular formula is C14H20N4O3. The predicted octanol–water partition coefficient (Wildman–Crippen LogP) is 1.56. The van der Waals surface area contributed by atoms with Gasteiger partial charge in [-0.2, -0.15) is 0 Å². The number of hydrogen-bond acceptors (Lipinski definition) is 5. The van der Waals surface area contributed by atoms with Crippen molar-refractivity contribution in [2.45, 2.75) is 26.4 Å². The van der Waals surface area contributed by atoms with E-state index >= 15 is 0 Å². The number of anilines is 1. The molecule has 0 aliphatic rings. The van der Waals surface area contributed by atoms with Crippen LogP contribution in [0.5, 0.6) is 0 Å². The largest absolute Gasteiger partial charge is 0.443 e. The number of carbonyl (C=O) groups is 2. The molecule has 0 radical (unpaired) electrons. The van der Waals surface area contributed by atoms with Gasteiger partial charge in [0.05, 0.1) is 0 Å². The number of amidine groups is 1. The number of benzene rings is 1. The molecule has 0 aliphatic carbocycles. The van der Waals surface area contributed by atoms with E-state index in [1.165, 1.54) is 25.2 Å². The quantitative estimate of drug-likeness (QED) is 0.435. The Morgan fingerprint density at radius 1 is 1.29 bits per heavy atom. The minimum atomic E-state index is -0.684. The van der Waals surface area contributed by atoms with Crippen LogP contribution in [0, 0.1) is 5.41 Å². The van der Waals surface area contributed by atoms with E-state index in [0.717, 1.165) is 4.90 Å². The Morgan fingerprint density at radius 2 is 1.86 bits per heavy atom. The molecule has 0 atom stereocenters. The summed E-state index contributed by atoms with van der Waals surface area (Å²) in [7, 11) is 1.40. The summed E-state index contributed by atoms with van der Waals surface area (Å²) in [6.45, 7) is 5.18. The molecule has 7 heteroatoms. The van der Waals surface area contributed by atoms with Gasteiger partial charge in [0.15, 0.2) is 0 Å². The van der Waals surface area contributed by atoms with Crippen molar-refractivity contribution in [3.05, 3.63) is 29.3 Å². The topological polar surface area (TPSA) is 123 Å². The molecule has 0 aromatic heterocycles. The summed E-state index contributed by atoms with van der Waals surface area (Å²) in [5, 5.41) is 8.05. The van der Waals surface area contributed by atoms with Gasteiger partial charge in [-0.25, -0.2) is 4.79 Å². The van der Waals surface area contributed by atoms with Crippen LogP contribution in [0.25, 0.3) is 0 Å². The highest BCUT2D eigenvalue weighted by Gasteiger charge is 2.24. The Bertz CT molecular complexity index is 590. The molecule has 0 unspecified atom stereocenters. The average Bonchev–Trinajstić information content (AvgIpc) is 2.35. The third-order valence-electron chi connectivity index (χ3n) is 2.60. The zero-order chi connectivity index (χ0) is 16.4. The molecule has 21 heavy (non-hydrogen) atoms. The van der Waals surface area contributed by atoms with Crippen molar-refractivity contribution in [3.63, 3.8) is 0 Å². The highest BCUT2D eigenvalue weighted by molar-refractivity contribution is 6.09. The van der Waals surface area contributed by atoms with Crippen molar-refractivity contribution >= 4 is 23.5 Å². The number of nitrogens with two attached hydrogens (primary N) is 2. The van der Waals surface area contributed by atoms with Crippen molar-refractivity contribution in [1.29, 1.82) is 5.41 Å². The Morgan fingerprint density at radius 3 is 2.33 bits per heavy atom. The van der Waals surface area contributed by atoms with Crippen LogP contribution < -0.4 is 11.5 Å². The second-order valence-electron chi connectivity index (χ2n) is 5.55. The molecule has 0 aliphatic heterocycles. The van der Waals surface area contributed by atoms with Gasteiger partial charge >= 0.3 is 6.09 Å². The van der Waals surface area contributed by atoms with Crippen LogP contribution in [0.15, 0.2) is 18.2 Å². The zero-order valence-corrected chi connectivity index (χ0v) is 12.6. The first-order chi connectivity index (χ1) is 9.53. The smallest absolute Gasteiger partial charge is 0.415 e. The number of amides is 2. The lowest BCUT2D eigenvalue weighted by Crippen LogP contribution is -2.38. The van der Waals surface area contributed by atoms with Crippen LogP contribution in [0.1, 0.15) is 36.7 Å². The maximum Gasteiger partial charge on any atom is 0.415 e. The summed E-state index contributed by atoms with van der Waals surface area (Å²) in [6, 6.07) is 4.30. The fraction of sp³-hybridized carbons (Fsp3) is 0.357. The number of hydrogen-bond donors (Lipinski definition) is 3. The van der Waals surface area contributed by atoms with Crippen LogP contribution in [0.4, 0.5) is 10.5 Å². The Kier molecular flexibility index (Phi) is 4.57. The number of rotatable bonds is 2. The van der Waals surface area contributed by atoms with E-state index < -0.39 is 17.6 Å². The van der Waals surface area contributed by atoms with Crippen molar-refractivity contribution in [2.24, 2.45) is 5.73 Å². The van der Waals surface area contributed by atoms with Gasteiger partial charge in [0, 0.05) is 23.9 Å². The molecule has 0 fully saturated rings. The van der Waals surface area contributed by atoms with E-state index in [-0.39, 0.29) is 22.6 Å². The first kappa shape index (κ1) is 16.5. The first-order valence-electron chi connectivity index (χ1n) is 6.28. The van der Waals surface area contributed by atoms with E-state index in [0.29, 0.717) is 0 Å². The lowest BCUT2D eigenvalue weighted by atomic mass is 10.1. The Labute approximate surface area is 123 Å². The fourth-order valence-electron chi connectivity index (χ4n) is 1.52. The number of nitrogens with zero attached hydrogens (tertiary/aromatic N) is 1. The van der Waals surface area contributed by atoms with Crippen molar-refractivity contribution in [3.8, 4) is 0 Å². The Hall–Kier alpha value is -2.57. The van der Waals surface area contributed by atoms with Crippen LogP contribution in [0.3, 0.4) is 0 Å². The summed E-state index contributed by atoms with van der Waals surface area (Å²) >= 11 is 0. The molecule has 0 saturated carbocycles. The van der Waals surface area contributed by atoms with E-state index in [2.05, 4.69) is 0 Å². The lowest BCUT2D eigenvalue weighted by Gasteiger charge is -2.25. The minimum absolute atomic E-state index is 0.176. The highest BCUT2D eigenvalue weighted by Crippen LogP contribution is 2.17. The lowest BCUT2D eigenvalue weighted by molar-refractivity contribution is 0.0401. The summed E-state index contributed by atoms with van der Waals surface area (Å²) in [4.78, 5) is 24.1. The van der Waals surface area contributed by atoms with Crippen molar-refractivity contribution < 1.29 is 14.3 Å². The molecule has 0 heterocycles. The van der Waals surface area contributed by atoms with Crippen molar-refractivity contribution in [2.75, 3.05) is 12.8 Å². The molecular weight excluding hydrogens is 272 g/mol. The minimum Gasteiger partial charge on any atom is -0.443 e. The average molecular weight is 292 g/mol. The van der Waals surface area contributed by atoms with Crippen LogP contribution in [0.2, 0.25) is 0 Å². The van der Waals surface area contributed by atoms with Gasteiger partial charge in [0.1, 0.15) is 11.4 Å². The molecule has 0 bridgehead atoms. The summed E-state index contributed by atoms with van der Waals surface area (Å²) in [5.41, 5.74) is 11.0. The molecule has 1 rings (SSSR count). The molecule has 5 N–H and O–H groups in total. The number of nitrogens with one attached hydrogen (secondary N) is 1. The molecule has 114 valence electrons. The SMILES string of the molecule is CN(C(=N)c1cc(C(N)=O)ccc1N)C(=O)OC(C)(C)C. The number of carbonyl (C=O) groups excluding carboxylic acids is 2. The summed E-state index contributed by atoms with van der Waals surface area (Å²) in [5.74, 6) is -0.811. The zero-order valence-electron chi connectivity index (χ0n) is 12.6. The van der Waals surface area contributed by atoms with Gasteiger partial charge in [0.2, 0.25) is 5.91 Å². The van der Waals surface area contributed by atoms with Crippen LogP contribution in [-0.2, 0) is 4.74 Å². The van der Waals surface area contributed by atoms with Gasteiger partial charge in [-0.15, -0.1) is 0 Å². The van der Waals surface area contributed by atoms with Gasteiger partial charge in [-0.1, -0.05) is 0 Å². The third-order valence-corrected chi connectivity index (χ3v) is 2.60. The highest BCUT2D eigenvalue weighted by atomic mass is 16.6. The van der Waals surface area contributed by atoms with Crippen LogP contribution in [-0.4, -0.2) is 35.4 Å². The van der Waals surface area contributed by atoms with Gasteiger partial charge < -0.3 is 16.2 Å². The molecule has 0 spiro atoms. The Balaban J connectivity index is 3.05.